The first kappa shape index (κ1) is 19.7. The Labute approximate surface area is 183 Å². The fourth-order valence-electron chi connectivity index (χ4n) is 3.80. The van der Waals surface area contributed by atoms with E-state index in [0.29, 0.717) is 23.7 Å². The van der Waals surface area contributed by atoms with Crippen molar-refractivity contribution in [3.05, 3.63) is 67.0 Å². The summed E-state index contributed by atoms with van der Waals surface area (Å²) < 4.78 is 16.2. The number of pyridine rings is 1. The molecule has 0 unspecified atom stereocenters. The maximum atomic E-state index is 14.5. The molecule has 8 nitrogen and oxygen atoms in total. The Morgan fingerprint density at radius 2 is 1.97 bits per heavy atom. The molecule has 0 atom stereocenters. The molecule has 0 bridgehead atoms. The molecule has 1 aromatic carbocycles. The van der Waals surface area contributed by atoms with Crippen molar-refractivity contribution in [2.45, 2.75) is 6.92 Å². The number of halogens is 1. The third-order valence-electron chi connectivity index (χ3n) is 5.31. The van der Waals surface area contributed by atoms with Gasteiger partial charge >= 0.3 is 0 Å². The summed E-state index contributed by atoms with van der Waals surface area (Å²) in [5.41, 5.74) is 10.6. The minimum absolute atomic E-state index is 0.109. The van der Waals surface area contributed by atoms with Crippen LogP contribution in [0.3, 0.4) is 0 Å². The van der Waals surface area contributed by atoms with Gasteiger partial charge in [-0.25, -0.2) is 14.4 Å². The summed E-state index contributed by atoms with van der Waals surface area (Å²) in [7, 11) is 1.87. The Bertz CT molecular complexity index is 1420. The number of aryl methyl sites for hydroxylation is 1. The molecule has 4 heterocycles. The first-order valence-electron chi connectivity index (χ1n) is 10.2. The predicted octanol–water partition coefficient (Wildman–Crippen LogP) is 4.30. The molecule has 0 fully saturated rings. The summed E-state index contributed by atoms with van der Waals surface area (Å²) in [6, 6.07) is 10.4. The number of rotatable bonds is 5. The fraction of sp³-hybridized carbons (Fsp3) is 0.130. The number of nitrogens with two attached hydrogens (primary N) is 1. The van der Waals surface area contributed by atoms with Gasteiger partial charge in [0.05, 0.1) is 17.6 Å². The molecule has 32 heavy (non-hydrogen) atoms. The molecule has 0 aliphatic heterocycles. The first-order chi connectivity index (χ1) is 15.5. The minimum Gasteiger partial charge on any atom is -0.368 e. The quantitative estimate of drug-likeness (QED) is 0.433. The maximum absolute atomic E-state index is 14.5. The third-order valence-corrected chi connectivity index (χ3v) is 5.31. The van der Waals surface area contributed by atoms with Crippen molar-refractivity contribution in [1.82, 2.24) is 29.7 Å². The molecule has 0 saturated carbocycles. The molecule has 5 aromatic rings. The van der Waals surface area contributed by atoms with E-state index in [9.17, 15) is 4.39 Å². The van der Waals surface area contributed by atoms with Crippen LogP contribution in [0.25, 0.3) is 33.4 Å². The van der Waals surface area contributed by atoms with Crippen LogP contribution < -0.4 is 10.6 Å². The number of anilines is 3. The molecule has 4 aromatic heterocycles. The van der Waals surface area contributed by atoms with E-state index in [2.05, 4.69) is 25.0 Å². The fourth-order valence-corrected chi connectivity index (χ4v) is 3.80. The van der Waals surface area contributed by atoms with Gasteiger partial charge in [0.25, 0.3) is 0 Å². The highest BCUT2D eigenvalue weighted by atomic mass is 19.1. The Morgan fingerprint density at radius 3 is 2.72 bits per heavy atom. The highest BCUT2D eigenvalue weighted by Gasteiger charge is 2.17. The topological polar surface area (TPSA) is 102 Å². The van der Waals surface area contributed by atoms with E-state index in [4.69, 9.17) is 5.73 Å². The number of nitrogens with one attached hydrogen (secondary N) is 1. The van der Waals surface area contributed by atoms with Crippen molar-refractivity contribution >= 4 is 28.5 Å². The molecule has 9 heteroatoms. The Hall–Kier alpha value is -4.27. The number of aromatic nitrogens is 6. The van der Waals surface area contributed by atoms with Crippen molar-refractivity contribution in [1.29, 1.82) is 0 Å². The number of para-hydroxylation sites is 1. The van der Waals surface area contributed by atoms with E-state index in [-0.39, 0.29) is 11.8 Å². The summed E-state index contributed by atoms with van der Waals surface area (Å²) in [5.74, 6) is 0.300. The summed E-state index contributed by atoms with van der Waals surface area (Å²) in [4.78, 5) is 18.3. The van der Waals surface area contributed by atoms with Gasteiger partial charge in [-0.2, -0.15) is 10.1 Å². The van der Waals surface area contributed by atoms with Crippen LogP contribution in [0, 0.1) is 5.82 Å². The lowest BCUT2D eigenvalue weighted by atomic mass is 10.1. The third kappa shape index (κ3) is 3.43. The summed E-state index contributed by atoms with van der Waals surface area (Å²) >= 11 is 0. The molecule has 160 valence electrons. The Balaban J connectivity index is 1.62. The van der Waals surface area contributed by atoms with Gasteiger partial charge in [-0.1, -0.05) is 12.1 Å². The van der Waals surface area contributed by atoms with Crippen LogP contribution in [0.4, 0.5) is 21.8 Å². The number of hydrogen-bond acceptors (Lipinski definition) is 6. The lowest BCUT2D eigenvalue weighted by molar-refractivity contribution is 0.625. The number of hydrogen-bond donors (Lipinski definition) is 2. The summed E-state index contributed by atoms with van der Waals surface area (Å²) in [6.45, 7) is 2.44. The molecule has 5 rings (SSSR count). The smallest absolute Gasteiger partial charge is 0.222 e. The van der Waals surface area contributed by atoms with E-state index in [1.165, 1.54) is 6.07 Å². The lowest BCUT2D eigenvalue weighted by Crippen LogP contribution is -2.19. The molecule has 3 N–H and O–H groups in total. The maximum Gasteiger partial charge on any atom is 0.222 e. The zero-order valence-electron chi connectivity index (χ0n) is 17.6. The van der Waals surface area contributed by atoms with Gasteiger partial charge in [-0.3, -0.25) is 4.68 Å². The van der Waals surface area contributed by atoms with Crippen LogP contribution in [0.15, 0.2) is 61.2 Å². The van der Waals surface area contributed by atoms with E-state index in [0.717, 1.165) is 27.7 Å². The normalized spacial score (nSPS) is 11.2. The van der Waals surface area contributed by atoms with Crippen molar-refractivity contribution in [2.75, 3.05) is 17.2 Å². The van der Waals surface area contributed by atoms with Crippen molar-refractivity contribution in [3.8, 4) is 22.4 Å². The van der Waals surface area contributed by atoms with Crippen LogP contribution >= 0.6 is 0 Å². The standard InChI is InChI=1S/C23H21FN8/c1-3-32(20-7-5-4-6-18(20)24)21-9-19(29-23(25)30-21)17-12-27-22-16(17)8-14(10-26-22)15-11-28-31(2)13-15/h4-13H,3H2,1-2H3,(H,26,27)(H2,25,29,30). The highest BCUT2D eigenvalue weighted by molar-refractivity contribution is 5.95. The van der Waals surface area contributed by atoms with Gasteiger partial charge in [0.2, 0.25) is 5.95 Å². The van der Waals surface area contributed by atoms with Crippen LogP contribution in [0.5, 0.6) is 0 Å². The van der Waals surface area contributed by atoms with Gasteiger partial charge in [0.15, 0.2) is 0 Å². The van der Waals surface area contributed by atoms with E-state index in [1.807, 2.05) is 38.5 Å². The second kappa shape index (κ2) is 7.77. The number of H-pyrrole nitrogens is 1. The molecular formula is C23H21FN8. The lowest BCUT2D eigenvalue weighted by Gasteiger charge is -2.23. The van der Waals surface area contributed by atoms with Crippen molar-refractivity contribution in [2.24, 2.45) is 7.05 Å². The van der Waals surface area contributed by atoms with Gasteiger partial charge < -0.3 is 15.6 Å². The van der Waals surface area contributed by atoms with Crippen molar-refractivity contribution < 1.29 is 4.39 Å². The minimum atomic E-state index is -0.328. The molecule has 0 saturated heterocycles. The van der Waals surface area contributed by atoms with Gasteiger partial charge in [0.1, 0.15) is 17.3 Å². The number of nitrogen functional groups attached to an aromatic ring is 1. The first-order valence-corrected chi connectivity index (χ1v) is 10.2. The monoisotopic (exact) mass is 428 g/mol. The summed E-state index contributed by atoms with van der Waals surface area (Å²) in [5, 5.41) is 5.13. The van der Waals surface area contributed by atoms with Crippen LogP contribution in [0.1, 0.15) is 6.92 Å². The molecule has 0 spiro atoms. The molecule has 0 aliphatic carbocycles. The largest absolute Gasteiger partial charge is 0.368 e. The van der Waals surface area contributed by atoms with E-state index >= 15 is 0 Å². The van der Waals surface area contributed by atoms with Crippen LogP contribution in [-0.4, -0.2) is 36.3 Å². The van der Waals surface area contributed by atoms with E-state index in [1.54, 1.807) is 40.2 Å². The second-order valence-corrected chi connectivity index (χ2v) is 7.39. The zero-order valence-corrected chi connectivity index (χ0v) is 17.6. The Morgan fingerprint density at radius 1 is 1.12 bits per heavy atom. The van der Waals surface area contributed by atoms with Gasteiger partial charge in [-0.05, 0) is 25.1 Å². The average Bonchev–Trinajstić information content (AvgIpc) is 3.41. The highest BCUT2D eigenvalue weighted by Crippen LogP contribution is 2.33. The van der Waals surface area contributed by atoms with E-state index < -0.39 is 0 Å². The number of aromatic amines is 1. The SMILES string of the molecule is CCN(c1cc(-c2c[nH]c3ncc(-c4cnn(C)c4)cc23)nc(N)n1)c1ccccc1F. The number of fused-ring (bicyclic) bond motifs is 1. The van der Waals surface area contributed by atoms with Crippen LogP contribution in [0.2, 0.25) is 0 Å². The van der Waals surface area contributed by atoms with Crippen LogP contribution in [-0.2, 0) is 7.05 Å². The van der Waals surface area contributed by atoms with Crippen molar-refractivity contribution in [3.63, 3.8) is 0 Å². The Kier molecular flexibility index (Phi) is 4.78. The molecule has 0 aliphatic rings. The second-order valence-electron chi connectivity index (χ2n) is 7.39. The van der Waals surface area contributed by atoms with Gasteiger partial charge in [-0.15, -0.1) is 0 Å². The summed E-state index contributed by atoms with van der Waals surface area (Å²) in [6.07, 6.45) is 7.37. The number of benzene rings is 1. The van der Waals surface area contributed by atoms with Gasteiger partial charge in [0, 0.05) is 60.3 Å². The molecule has 0 amide bonds. The molecular weight excluding hydrogens is 407 g/mol. The average molecular weight is 428 g/mol. The molecule has 0 radical (unpaired) electrons. The number of nitrogens with zero attached hydrogens (tertiary/aromatic N) is 6. The zero-order chi connectivity index (χ0) is 22.2. The predicted molar refractivity (Wildman–Crippen MR) is 123 cm³/mol.